The topological polar surface area (TPSA) is 58.6 Å². The van der Waals surface area contributed by atoms with Crippen LogP contribution in [0.3, 0.4) is 0 Å². The number of carbonyl (C=O) groups is 1. The van der Waals surface area contributed by atoms with Crippen molar-refractivity contribution in [2.75, 3.05) is 18.1 Å². The molecule has 0 bridgehead atoms. The van der Waals surface area contributed by atoms with E-state index in [1.807, 2.05) is 13.0 Å². The second-order valence-corrected chi connectivity index (χ2v) is 10.5. The first-order valence-corrected chi connectivity index (χ1v) is 14.4. The van der Waals surface area contributed by atoms with Gasteiger partial charge in [-0.3, -0.25) is 0 Å². The van der Waals surface area contributed by atoms with Crippen molar-refractivity contribution >= 4 is 31.6 Å². The average Bonchev–Trinajstić information content (AvgIpc) is 2.90. The summed E-state index contributed by atoms with van der Waals surface area (Å²) in [4.78, 5) is 11.8. The fourth-order valence-corrected chi connectivity index (χ4v) is 5.04. The smallest absolute Gasteiger partial charge is 0.540 e. The van der Waals surface area contributed by atoms with Crippen LogP contribution in [0.15, 0.2) is 78.4 Å². The SMILES string of the molecule is CCC=C1C(C)=C(c2ccc([C-]=CC[P-]C)cc2)Oc2c1cc(C)cc2C(C)Nc1ccccc1C(=O)O.[CH3-].[K+]. The molecular weight excluding hydrogens is 540 g/mol. The van der Waals surface area contributed by atoms with Crippen molar-refractivity contribution in [3.8, 4) is 5.75 Å². The molecule has 204 valence electrons. The molecule has 1 atom stereocenters. The quantitative estimate of drug-likeness (QED) is 0.180. The number of nitrogens with one attached hydrogen (secondary N) is 1. The van der Waals surface area contributed by atoms with E-state index >= 15 is 0 Å². The van der Waals surface area contributed by atoms with Crippen LogP contribution in [-0.4, -0.2) is 23.9 Å². The van der Waals surface area contributed by atoms with Gasteiger partial charge in [0.1, 0.15) is 11.5 Å². The van der Waals surface area contributed by atoms with Gasteiger partial charge in [-0.1, -0.05) is 31.2 Å². The van der Waals surface area contributed by atoms with Crippen molar-refractivity contribution in [2.45, 2.75) is 40.2 Å². The van der Waals surface area contributed by atoms with Gasteiger partial charge in [0.05, 0.1) is 11.6 Å². The standard InChI is InChI=1S/C33H34NO3P.CH3.K/c1-6-10-26-22(3)31(25-16-14-24(15-17-25)11-9-18-38-5)37-32-28(19-21(2)20-29(26)32)23(4)34-30-13-8-7-12-27(30)33(35)36;;/h7-10,12-17,19-20,23,34H,6,18H2,1-5H3,(H,35,36);1H3;/q-2;-1;+1. The minimum absolute atomic E-state index is 0. The molecule has 4 rings (SSSR count). The Balaban J connectivity index is 0.00000280. The van der Waals surface area contributed by atoms with Crippen LogP contribution in [0, 0.1) is 20.4 Å². The van der Waals surface area contributed by atoms with Gasteiger partial charge < -0.3 is 31.2 Å². The Hall–Kier alpha value is -1.98. The van der Waals surface area contributed by atoms with Gasteiger partial charge in [-0.2, -0.15) is 42.7 Å². The summed E-state index contributed by atoms with van der Waals surface area (Å²) in [5, 5.41) is 13.1. The molecule has 0 saturated carbocycles. The van der Waals surface area contributed by atoms with E-state index in [0.717, 1.165) is 57.5 Å². The normalized spacial score (nSPS) is 14.5. The molecule has 1 unspecified atom stereocenters. The summed E-state index contributed by atoms with van der Waals surface area (Å²) in [5.41, 5.74) is 8.33. The summed E-state index contributed by atoms with van der Waals surface area (Å²) >= 11 is 0. The van der Waals surface area contributed by atoms with Crippen molar-refractivity contribution in [3.63, 3.8) is 0 Å². The first-order chi connectivity index (χ1) is 18.3. The van der Waals surface area contributed by atoms with Crippen LogP contribution in [0.25, 0.3) is 11.3 Å². The first kappa shape index (κ1) is 34.2. The average molecular weight is 578 g/mol. The maximum absolute atomic E-state index is 11.8. The molecule has 1 aliphatic heterocycles. The monoisotopic (exact) mass is 577 g/mol. The fourth-order valence-electron chi connectivity index (χ4n) is 4.76. The number of carboxylic acids is 1. The number of benzene rings is 3. The van der Waals surface area contributed by atoms with Crippen LogP contribution in [0.2, 0.25) is 0 Å². The Kier molecular flexibility index (Phi) is 13.6. The van der Waals surface area contributed by atoms with E-state index in [2.05, 4.69) is 87.4 Å². The van der Waals surface area contributed by atoms with Gasteiger partial charge in [0, 0.05) is 16.8 Å². The zero-order valence-electron chi connectivity index (χ0n) is 24.6. The van der Waals surface area contributed by atoms with Crippen LogP contribution in [0.5, 0.6) is 5.75 Å². The van der Waals surface area contributed by atoms with E-state index in [1.165, 1.54) is 14.2 Å². The van der Waals surface area contributed by atoms with Gasteiger partial charge in [0.2, 0.25) is 0 Å². The minimum Gasteiger partial charge on any atom is -0.540 e. The Labute approximate surface area is 284 Å². The van der Waals surface area contributed by atoms with Gasteiger partial charge in [-0.15, -0.1) is 12.1 Å². The minimum atomic E-state index is -0.957. The molecule has 0 aliphatic carbocycles. The molecule has 2 N–H and O–H groups in total. The van der Waals surface area contributed by atoms with E-state index in [1.54, 1.807) is 18.2 Å². The number of allylic oxidation sites excluding steroid dienone is 4. The fraction of sp³-hybridized carbons (Fsp3) is 0.235. The maximum Gasteiger partial charge on any atom is 1.00 e. The molecule has 6 heteroatoms. The van der Waals surface area contributed by atoms with Crippen molar-refractivity contribution in [2.24, 2.45) is 0 Å². The molecule has 0 saturated heterocycles. The number of hydrogen-bond acceptors (Lipinski definition) is 3. The van der Waals surface area contributed by atoms with Gasteiger partial charge in [-0.25, -0.2) is 4.79 Å². The number of para-hydroxylation sites is 1. The summed E-state index contributed by atoms with van der Waals surface area (Å²) in [6, 6.07) is 19.4. The summed E-state index contributed by atoms with van der Waals surface area (Å²) in [6.45, 7) is 10.5. The van der Waals surface area contributed by atoms with E-state index in [0.29, 0.717) is 5.69 Å². The number of hydrogen-bond donors (Lipinski definition) is 2. The number of ether oxygens (including phenoxy) is 1. The van der Waals surface area contributed by atoms with Crippen LogP contribution in [-0.2, 0) is 0 Å². The Bertz CT molecular complexity index is 1420. The van der Waals surface area contributed by atoms with Crippen molar-refractivity contribution < 1.29 is 66.0 Å². The van der Waals surface area contributed by atoms with E-state index in [4.69, 9.17) is 4.74 Å². The Morgan fingerprint density at radius 1 is 1.12 bits per heavy atom. The molecule has 40 heavy (non-hydrogen) atoms. The third-order valence-corrected chi connectivity index (χ3v) is 7.14. The molecule has 3 aromatic rings. The van der Waals surface area contributed by atoms with Crippen LogP contribution in [0.1, 0.15) is 71.4 Å². The van der Waals surface area contributed by atoms with Gasteiger partial charge in [-0.05, 0) is 67.7 Å². The number of rotatable bonds is 9. The predicted octanol–water partition coefficient (Wildman–Crippen LogP) is 6.22. The molecule has 0 amide bonds. The van der Waals surface area contributed by atoms with E-state index in [9.17, 15) is 9.90 Å². The summed E-state index contributed by atoms with van der Waals surface area (Å²) < 4.78 is 6.72. The molecule has 0 spiro atoms. The number of anilines is 1. The molecule has 0 aromatic heterocycles. The van der Waals surface area contributed by atoms with Crippen LogP contribution < -0.4 is 61.4 Å². The maximum atomic E-state index is 11.8. The molecular formula is C34H37KNO3P-2. The second kappa shape index (κ2) is 15.9. The van der Waals surface area contributed by atoms with Gasteiger partial charge in [0.15, 0.2) is 0 Å². The van der Waals surface area contributed by atoms with E-state index in [-0.39, 0.29) is 70.4 Å². The van der Waals surface area contributed by atoms with Crippen molar-refractivity contribution in [1.82, 2.24) is 0 Å². The number of aromatic carboxylic acids is 1. The Morgan fingerprint density at radius 2 is 1.82 bits per heavy atom. The summed E-state index contributed by atoms with van der Waals surface area (Å²) in [5.74, 6) is 0.686. The molecule has 1 aliphatic rings. The Morgan fingerprint density at radius 3 is 2.48 bits per heavy atom. The predicted molar refractivity (Wildman–Crippen MR) is 166 cm³/mol. The number of aryl methyl sites for hydroxylation is 1. The zero-order chi connectivity index (χ0) is 27.2. The summed E-state index contributed by atoms with van der Waals surface area (Å²) in [7, 11) is 1.33. The first-order valence-electron chi connectivity index (χ1n) is 12.9. The van der Waals surface area contributed by atoms with Crippen LogP contribution >= 0.6 is 8.58 Å². The van der Waals surface area contributed by atoms with Crippen molar-refractivity contribution in [3.05, 3.63) is 125 Å². The number of fused-ring (bicyclic) bond motifs is 1. The third kappa shape index (κ3) is 7.85. The number of carboxylic acid groups (broad SMARTS) is 1. The van der Waals surface area contributed by atoms with Gasteiger partial charge in [0.25, 0.3) is 0 Å². The molecule has 3 aromatic carbocycles. The molecule has 0 fully saturated rings. The second-order valence-electron chi connectivity index (χ2n) is 9.45. The third-order valence-electron chi connectivity index (χ3n) is 6.59. The van der Waals surface area contributed by atoms with Crippen LogP contribution in [0.4, 0.5) is 5.69 Å². The van der Waals surface area contributed by atoms with Crippen molar-refractivity contribution in [1.29, 1.82) is 0 Å². The summed E-state index contributed by atoms with van der Waals surface area (Å²) in [6.07, 6.45) is 9.56. The van der Waals surface area contributed by atoms with E-state index < -0.39 is 5.97 Å². The molecule has 1 heterocycles. The molecule has 4 nitrogen and oxygen atoms in total. The van der Waals surface area contributed by atoms with Gasteiger partial charge >= 0.3 is 57.4 Å². The largest absolute Gasteiger partial charge is 1.00 e. The molecule has 0 radical (unpaired) electrons. The zero-order valence-corrected chi connectivity index (χ0v) is 28.6.